The molecule has 0 aliphatic carbocycles. The maximum atomic E-state index is 12.2. The molecule has 1 aliphatic heterocycles. The fraction of sp³-hybridized carbons (Fsp3) is 0.353. The van der Waals surface area contributed by atoms with Crippen molar-refractivity contribution in [3.63, 3.8) is 0 Å². The van der Waals surface area contributed by atoms with Crippen molar-refractivity contribution in [1.29, 1.82) is 0 Å². The molecule has 1 aliphatic rings. The van der Waals surface area contributed by atoms with Gasteiger partial charge in [0.2, 0.25) is 5.91 Å². The van der Waals surface area contributed by atoms with Gasteiger partial charge in [-0.25, -0.2) is 4.98 Å². The topological polar surface area (TPSA) is 76.0 Å². The number of anilines is 1. The molecule has 3 rings (SSSR count). The number of hydrogen-bond donors (Lipinski definition) is 2. The second kappa shape index (κ2) is 7.09. The lowest BCUT2D eigenvalue weighted by Gasteiger charge is -2.10. The third-order valence-corrected chi connectivity index (χ3v) is 3.93. The van der Waals surface area contributed by atoms with Gasteiger partial charge in [0.25, 0.3) is 5.91 Å². The summed E-state index contributed by atoms with van der Waals surface area (Å²) in [5.74, 6) is -0.0329. The molecule has 1 aromatic carbocycles. The average Bonchev–Trinajstić information content (AvgIpc) is 2.99. The first-order valence-electron chi connectivity index (χ1n) is 7.89. The van der Waals surface area contributed by atoms with E-state index in [4.69, 9.17) is 0 Å². The smallest absolute Gasteiger partial charge is 0.251 e. The van der Waals surface area contributed by atoms with Crippen molar-refractivity contribution >= 4 is 17.5 Å². The Morgan fingerprint density at radius 1 is 1.35 bits per heavy atom. The predicted octanol–water partition coefficient (Wildman–Crippen LogP) is 1.98. The molecule has 0 spiro atoms. The van der Waals surface area contributed by atoms with Crippen molar-refractivity contribution in [2.24, 2.45) is 0 Å². The minimum absolute atomic E-state index is 0.0421. The lowest BCUT2D eigenvalue weighted by molar-refractivity contribution is -0.116. The van der Waals surface area contributed by atoms with E-state index in [-0.39, 0.29) is 11.8 Å². The Labute approximate surface area is 134 Å². The van der Waals surface area contributed by atoms with Crippen LogP contribution in [0.2, 0.25) is 0 Å². The van der Waals surface area contributed by atoms with Crippen LogP contribution in [0, 0.1) is 0 Å². The number of amides is 2. The van der Waals surface area contributed by atoms with Crippen molar-refractivity contribution < 1.29 is 9.59 Å². The number of aromatic nitrogens is 2. The van der Waals surface area contributed by atoms with Crippen LogP contribution in [-0.2, 0) is 17.8 Å². The van der Waals surface area contributed by atoms with Crippen molar-refractivity contribution in [2.75, 3.05) is 11.9 Å². The lowest BCUT2D eigenvalue weighted by atomic mass is 10.0. The molecule has 1 aromatic heterocycles. The molecule has 2 N–H and O–H groups in total. The highest BCUT2D eigenvalue weighted by Crippen LogP contribution is 2.23. The largest absolute Gasteiger partial charge is 0.352 e. The molecule has 0 saturated heterocycles. The second-order valence-electron chi connectivity index (χ2n) is 5.68. The number of carbonyl (C=O) groups excluding carboxylic acids is 2. The molecule has 23 heavy (non-hydrogen) atoms. The average molecular weight is 312 g/mol. The van der Waals surface area contributed by atoms with Gasteiger partial charge in [0, 0.05) is 43.2 Å². The molecule has 0 radical (unpaired) electrons. The number of carbonyl (C=O) groups is 2. The number of rotatable bonds is 5. The summed E-state index contributed by atoms with van der Waals surface area (Å²) < 4.78 is 1.98. The van der Waals surface area contributed by atoms with Crippen LogP contribution in [0.1, 0.15) is 35.2 Å². The summed E-state index contributed by atoms with van der Waals surface area (Å²) in [6, 6.07) is 5.46. The number of aryl methyl sites for hydroxylation is 2. The molecule has 6 nitrogen and oxygen atoms in total. The van der Waals surface area contributed by atoms with E-state index in [1.54, 1.807) is 18.6 Å². The summed E-state index contributed by atoms with van der Waals surface area (Å²) in [7, 11) is 0. The van der Waals surface area contributed by atoms with Crippen LogP contribution in [0.5, 0.6) is 0 Å². The Hall–Kier alpha value is -2.63. The zero-order chi connectivity index (χ0) is 16.1. The van der Waals surface area contributed by atoms with Gasteiger partial charge in [-0.2, -0.15) is 0 Å². The van der Waals surface area contributed by atoms with Gasteiger partial charge in [-0.15, -0.1) is 0 Å². The highest BCUT2D eigenvalue weighted by atomic mass is 16.2. The van der Waals surface area contributed by atoms with Gasteiger partial charge in [-0.3, -0.25) is 9.59 Å². The van der Waals surface area contributed by atoms with Crippen LogP contribution in [0.15, 0.2) is 36.9 Å². The maximum Gasteiger partial charge on any atom is 0.251 e. The normalized spacial score (nSPS) is 13.8. The number of hydrogen-bond acceptors (Lipinski definition) is 3. The highest BCUT2D eigenvalue weighted by molar-refractivity contribution is 5.97. The van der Waals surface area contributed by atoms with E-state index in [2.05, 4.69) is 15.6 Å². The Kier molecular flexibility index (Phi) is 4.71. The number of imidazole rings is 1. The molecule has 2 amide bonds. The van der Waals surface area contributed by atoms with Crippen LogP contribution in [-0.4, -0.2) is 27.9 Å². The van der Waals surface area contributed by atoms with E-state index in [0.717, 1.165) is 37.1 Å². The fourth-order valence-corrected chi connectivity index (χ4v) is 2.70. The minimum atomic E-state index is -0.0750. The number of benzene rings is 1. The van der Waals surface area contributed by atoms with Gasteiger partial charge in [0.15, 0.2) is 0 Å². The van der Waals surface area contributed by atoms with Crippen LogP contribution < -0.4 is 10.6 Å². The van der Waals surface area contributed by atoms with Crippen molar-refractivity contribution in [2.45, 2.75) is 32.2 Å². The number of nitrogens with one attached hydrogen (secondary N) is 2. The third kappa shape index (κ3) is 3.97. The van der Waals surface area contributed by atoms with Gasteiger partial charge in [0.1, 0.15) is 0 Å². The van der Waals surface area contributed by atoms with Crippen LogP contribution in [0.3, 0.4) is 0 Å². The van der Waals surface area contributed by atoms with Crippen LogP contribution >= 0.6 is 0 Å². The second-order valence-corrected chi connectivity index (χ2v) is 5.68. The summed E-state index contributed by atoms with van der Waals surface area (Å²) in [6.07, 6.45) is 8.43. The van der Waals surface area contributed by atoms with Crippen molar-refractivity contribution in [3.05, 3.63) is 48.0 Å². The molecule has 0 saturated carbocycles. The molecule has 2 aromatic rings. The zero-order valence-electron chi connectivity index (χ0n) is 12.9. The summed E-state index contributed by atoms with van der Waals surface area (Å²) in [4.78, 5) is 27.7. The molecule has 0 unspecified atom stereocenters. The molecule has 2 heterocycles. The van der Waals surface area contributed by atoms with E-state index < -0.39 is 0 Å². The zero-order valence-corrected chi connectivity index (χ0v) is 12.9. The first kappa shape index (κ1) is 15.3. The van der Waals surface area contributed by atoms with E-state index in [1.807, 2.05) is 22.9 Å². The quantitative estimate of drug-likeness (QED) is 0.829. The third-order valence-electron chi connectivity index (χ3n) is 3.93. The van der Waals surface area contributed by atoms with Gasteiger partial charge >= 0.3 is 0 Å². The Balaban J connectivity index is 1.55. The molecular weight excluding hydrogens is 292 g/mol. The summed E-state index contributed by atoms with van der Waals surface area (Å²) in [5.41, 5.74) is 2.49. The van der Waals surface area contributed by atoms with E-state index >= 15 is 0 Å². The van der Waals surface area contributed by atoms with E-state index in [1.165, 1.54) is 0 Å². The van der Waals surface area contributed by atoms with Gasteiger partial charge in [0.05, 0.1) is 6.33 Å². The van der Waals surface area contributed by atoms with Crippen molar-refractivity contribution in [1.82, 2.24) is 14.9 Å². The molecule has 0 atom stereocenters. The first-order valence-corrected chi connectivity index (χ1v) is 7.89. The summed E-state index contributed by atoms with van der Waals surface area (Å²) in [5, 5.41) is 5.81. The van der Waals surface area contributed by atoms with E-state index in [0.29, 0.717) is 18.5 Å². The van der Waals surface area contributed by atoms with Crippen LogP contribution in [0.25, 0.3) is 0 Å². The van der Waals surface area contributed by atoms with Gasteiger partial charge < -0.3 is 15.2 Å². The van der Waals surface area contributed by atoms with Crippen LogP contribution in [0.4, 0.5) is 5.69 Å². The predicted molar refractivity (Wildman–Crippen MR) is 87.2 cm³/mol. The highest BCUT2D eigenvalue weighted by Gasteiger charge is 2.14. The van der Waals surface area contributed by atoms with Crippen molar-refractivity contribution in [3.8, 4) is 0 Å². The molecule has 0 bridgehead atoms. The Morgan fingerprint density at radius 3 is 3.09 bits per heavy atom. The number of nitrogens with zero attached hydrogens (tertiary/aromatic N) is 2. The SMILES string of the molecule is O=C1CCCc2cc(C(=O)NCCCn3ccnc3)ccc2N1. The molecule has 6 heteroatoms. The van der Waals surface area contributed by atoms with E-state index in [9.17, 15) is 9.59 Å². The summed E-state index contributed by atoms with van der Waals surface area (Å²) >= 11 is 0. The number of fused-ring (bicyclic) bond motifs is 1. The Bertz CT molecular complexity index is 695. The molecule has 120 valence electrons. The molecular formula is C17H20N4O2. The van der Waals surface area contributed by atoms with Gasteiger partial charge in [-0.05, 0) is 43.0 Å². The Morgan fingerprint density at radius 2 is 2.26 bits per heavy atom. The van der Waals surface area contributed by atoms with Gasteiger partial charge in [-0.1, -0.05) is 0 Å². The molecule has 0 fully saturated rings. The minimum Gasteiger partial charge on any atom is -0.352 e. The lowest BCUT2D eigenvalue weighted by Crippen LogP contribution is -2.25. The fourth-order valence-electron chi connectivity index (χ4n) is 2.70. The standard InChI is InChI=1S/C17H20N4O2/c22-16-4-1-3-13-11-14(5-6-15(13)20-16)17(23)19-7-2-9-21-10-8-18-12-21/h5-6,8,10-12H,1-4,7,9H2,(H,19,23)(H,20,22). The first-order chi connectivity index (χ1) is 11.2. The maximum absolute atomic E-state index is 12.2. The summed E-state index contributed by atoms with van der Waals surface area (Å²) in [6.45, 7) is 1.45. The monoisotopic (exact) mass is 312 g/mol.